The first-order valence-electron chi connectivity index (χ1n) is 8.91. The lowest BCUT2D eigenvalue weighted by Crippen LogP contribution is -2.48. The summed E-state index contributed by atoms with van der Waals surface area (Å²) in [7, 11) is -1.75. The van der Waals surface area contributed by atoms with Crippen molar-refractivity contribution in [2.24, 2.45) is 11.8 Å². The lowest BCUT2D eigenvalue weighted by atomic mass is 9.79. The van der Waals surface area contributed by atoms with Gasteiger partial charge in [0.05, 0.1) is 6.10 Å². The number of aliphatic hydroxyl groups excluding tert-OH is 1. The second-order valence-electron chi connectivity index (χ2n) is 7.42. The predicted molar refractivity (Wildman–Crippen MR) is 99.1 cm³/mol. The molecule has 0 heterocycles. The maximum Gasteiger partial charge on any atom is 0.107 e. The minimum Gasteiger partial charge on any atom is -0.392 e. The van der Waals surface area contributed by atoms with Gasteiger partial charge in [0.15, 0.2) is 0 Å². The van der Waals surface area contributed by atoms with E-state index < -0.39 is 8.07 Å². The highest BCUT2D eigenvalue weighted by molar-refractivity contribution is 6.95. The average molecular weight is 317 g/mol. The Morgan fingerprint density at radius 1 is 1.18 bits per heavy atom. The number of hydrogen-bond donors (Lipinski definition) is 1. The molecule has 2 heteroatoms. The Bertz CT molecular complexity index is 474. The third-order valence-corrected chi connectivity index (χ3v) is 9.48. The molecular weight excluding hydrogens is 284 g/mol. The van der Waals surface area contributed by atoms with Gasteiger partial charge in [-0.05, 0) is 25.2 Å². The fourth-order valence-corrected chi connectivity index (χ4v) is 6.70. The predicted octanol–water partition coefficient (Wildman–Crippen LogP) is 4.66. The molecule has 1 N–H and O–H groups in total. The van der Waals surface area contributed by atoms with Crippen molar-refractivity contribution in [2.45, 2.75) is 64.6 Å². The summed E-state index contributed by atoms with van der Waals surface area (Å²) in [6.45, 7) is 11.4. The third-order valence-electron chi connectivity index (χ3n) is 5.73. The molecule has 0 amide bonds. The van der Waals surface area contributed by atoms with E-state index in [1.807, 2.05) is 0 Å². The number of hydrogen-bond acceptors (Lipinski definition) is 1. The molecule has 1 nitrogen and oxygen atoms in total. The standard InChI is InChI=1S/C20H32OSi/c1-5-19(20(21)17-12-8-6-9-13-17)16(2)22(3,4)18-14-10-7-11-15-18/h7,10-11,14-15,17,19-21H,2,5-6,8-9,12-13H2,1,3-4H3/t19-,20-/m0/s1. The topological polar surface area (TPSA) is 20.2 Å². The number of rotatable bonds is 6. The van der Waals surface area contributed by atoms with Gasteiger partial charge < -0.3 is 5.11 Å². The molecular formula is C20H32OSi. The lowest BCUT2D eigenvalue weighted by molar-refractivity contribution is 0.0468. The van der Waals surface area contributed by atoms with Crippen LogP contribution in [0, 0.1) is 11.8 Å². The van der Waals surface area contributed by atoms with Gasteiger partial charge in [0.1, 0.15) is 8.07 Å². The average Bonchev–Trinajstić information content (AvgIpc) is 2.57. The van der Waals surface area contributed by atoms with Crippen molar-refractivity contribution < 1.29 is 5.11 Å². The van der Waals surface area contributed by atoms with E-state index in [4.69, 9.17) is 0 Å². The van der Waals surface area contributed by atoms with Crippen LogP contribution < -0.4 is 5.19 Å². The van der Waals surface area contributed by atoms with E-state index in [0.717, 1.165) is 6.42 Å². The Morgan fingerprint density at radius 3 is 2.32 bits per heavy atom. The molecule has 22 heavy (non-hydrogen) atoms. The molecule has 0 spiro atoms. The van der Waals surface area contributed by atoms with E-state index in [1.165, 1.54) is 42.5 Å². The largest absolute Gasteiger partial charge is 0.392 e. The van der Waals surface area contributed by atoms with Gasteiger partial charge >= 0.3 is 0 Å². The molecule has 2 rings (SSSR count). The molecule has 1 aromatic rings. The minimum absolute atomic E-state index is 0.201. The fraction of sp³-hybridized carbons (Fsp3) is 0.600. The molecule has 0 aliphatic heterocycles. The summed E-state index contributed by atoms with van der Waals surface area (Å²) in [5, 5.41) is 13.7. The molecule has 1 fully saturated rings. The smallest absolute Gasteiger partial charge is 0.107 e. The van der Waals surface area contributed by atoms with Gasteiger partial charge in [0, 0.05) is 5.92 Å². The molecule has 1 aliphatic rings. The molecule has 0 unspecified atom stereocenters. The van der Waals surface area contributed by atoms with E-state index in [-0.39, 0.29) is 12.0 Å². The summed E-state index contributed by atoms with van der Waals surface area (Å²) in [5.74, 6) is 0.737. The fourth-order valence-electron chi connectivity index (χ4n) is 4.00. The van der Waals surface area contributed by atoms with Gasteiger partial charge in [-0.15, -0.1) is 6.58 Å². The zero-order valence-electron chi connectivity index (χ0n) is 14.5. The van der Waals surface area contributed by atoms with Crippen molar-refractivity contribution in [3.8, 4) is 0 Å². The van der Waals surface area contributed by atoms with Gasteiger partial charge in [-0.1, -0.05) is 80.0 Å². The molecule has 1 aromatic carbocycles. The number of benzene rings is 1. The third kappa shape index (κ3) is 3.72. The van der Waals surface area contributed by atoms with Crippen LogP contribution in [0.2, 0.25) is 13.1 Å². The van der Waals surface area contributed by atoms with E-state index in [1.54, 1.807) is 0 Å². The molecule has 0 aromatic heterocycles. The van der Waals surface area contributed by atoms with Crippen LogP contribution in [0.4, 0.5) is 0 Å². The SMILES string of the molecule is C=C([C@H](CC)[C@@H](O)C1CCCCC1)[Si](C)(C)c1ccccc1. The van der Waals surface area contributed by atoms with Gasteiger partial charge in [0.25, 0.3) is 0 Å². The van der Waals surface area contributed by atoms with Crippen LogP contribution in [-0.2, 0) is 0 Å². The summed E-state index contributed by atoms with van der Waals surface area (Å²) >= 11 is 0. The molecule has 1 saturated carbocycles. The van der Waals surface area contributed by atoms with Crippen molar-refractivity contribution in [3.05, 3.63) is 42.1 Å². The Hall–Kier alpha value is -0.863. The quantitative estimate of drug-likeness (QED) is 0.757. The summed E-state index contributed by atoms with van der Waals surface area (Å²) < 4.78 is 0. The minimum atomic E-state index is -1.75. The Kier molecular flexibility index (Phi) is 6.05. The zero-order chi connectivity index (χ0) is 16.2. The highest BCUT2D eigenvalue weighted by Crippen LogP contribution is 2.35. The first-order chi connectivity index (χ1) is 10.5. The molecule has 2 atom stereocenters. The monoisotopic (exact) mass is 316 g/mol. The zero-order valence-corrected chi connectivity index (χ0v) is 15.5. The van der Waals surface area contributed by atoms with Crippen molar-refractivity contribution in [1.82, 2.24) is 0 Å². The molecule has 122 valence electrons. The van der Waals surface area contributed by atoms with Gasteiger partial charge in [-0.2, -0.15) is 0 Å². The first-order valence-corrected chi connectivity index (χ1v) is 11.9. The van der Waals surface area contributed by atoms with Crippen LogP contribution in [0.1, 0.15) is 45.4 Å². The Labute approximate surface area is 137 Å². The molecule has 1 aliphatic carbocycles. The van der Waals surface area contributed by atoms with Gasteiger partial charge in [-0.25, -0.2) is 0 Å². The van der Waals surface area contributed by atoms with Crippen molar-refractivity contribution >= 4 is 13.3 Å². The van der Waals surface area contributed by atoms with E-state index in [0.29, 0.717) is 5.92 Å². The summed E-state index contributed by atoms with van der Waals surface area (Å²) in [4.78, 5) is 0. The van der Waals surface area contributed by atoms with Gasteiger partial charge in [-0.3, -0.25) is 0 Å². The van der Waals surface area contributed by atoms with Crippen molar-refractivity contribution in [1.29, 1.82) is 0 Å². The number of aliphatic hydroxyl groups is 1. The van der Waals surface area contributed by atoms with E-state index in [9.17, 15) is 5.11 Å². The maximum atomic E-state index is 11.0. The van der Waals surface area contributed by atoms with Crippen LogP contribution in [0.5, 0.6) is 0 Å². The van der Waals surface area contributed by atoms with E-state index >= 15 is 0 Å². The second kappa shape index (κ2) is 7.61. The highest BCUT2D eigenvalue weighted by Gasteiger charge is 2.37. The summed E-state index contributed by atoms with van der Waals surface area (Å²) in [6, 6.07) is 10.8. The normalized spacial score (nSPS) is 19.6. The highest BCUT2D eigenvalue weighted by atomic mass is 28.3. The van der Waals surface area contributed by atoms with Crippen LogP contribution in [0.3, 0.4) is 0 Å². The van der Waals surface area contributed by atoms with Crippen molar-refractivity contribution in [3.63, 3.8) is 0 Å². The van der Waals surface area contributed by atoms with Crippen molar-refractivity contribution in [2.75, 3.05) is 0 Å². The van der Waals surface area contributed by atoms with Crippen LogP contribution in [0.15, 0.2) is 42.1 Å². The first kappa shape index (κ1) is 17.5. The van der Waals surface area contributed by atoms with Crippen LogP contribution >= 0.6 is 0 Å². The lowest BCUT2D eigenvalue weighted by Gasteiger charge is -2.38. The Balaban J connectivity index is 2.17. The van der Waals surface area contributed by atoms with E-state index in [2.05, 4.69) is 56.9 Å². The molecule has 0 radical (unpaired) electrons. The van der Waals surface area contributed by atoms with Crippen LogP contribution in [-0.4, -0.2) is 19.3 Å². The van der Waals surface area contributed by atoms with Gasteiger partial charge in [0.2, 0.25) is 0 Å². The Morgan fingerprint density at radius 2 is 1.77 bits per heavy atom. The maximum absolute atomic E-state index is 11.0. The summed E-state index contributed by atoms with van der Waals surface area (Å²) in [6.07, 6.45) is 7.09. The second-order valence-corrected chi connectivity index (χ2v) is 11.9. The molecule has 0 saturated heterocycles. The molecule has 0 bridgehead atoms. The van der Waals surface area contributed by atoms with Crippen LogP contribution in [0.25, 0.3) is 0 Å². The summed E-state index contributed by atoms with van der Waals surface area (Å²) in [5.41, 5.74) is 0.